The summed E-state index contributed by atoms with van der Waals surface area (Å²) in [5.41, 5.74) is 2.09. The van der Waals surface area contributed by atoms with Crippen molar-refractivity contribution in [3.05, 3.63) is 41.6 Å². The van der Waals surface area contributed by atoms with E-state index in [0.29, 0.717) is 0 Å². The smallest absolute Gasteiger partial charge is 0.0923 e. The van der Waals surface area contributed by atoms with Crippen LogP contribution in [0.15, 0.2) is 36.5 Å². The van der Waals surface area contributed by atoms with Crippen LogP contribution in [0.5, 0.6) is 0 Å². The average Bonchev–Trinajstić information content (AvgIpc) is 2.67. The highest BCUT2D eigenvalue weighted by atomic mass is 35.5. The van der Waals surface area contributed by atoms with Gasteiger partial charge >= 0.3 is 0 Å². The monoisotopic (exact) mass is 206 g/mol. The summed E-state index contributed by atoms with van der Waals surface area (Å²) in [5, 5.41) is 5.16. The standard InChI is InChI=1S/C11H11ClN2/c1-2-14-8-7-11(13-14)9-3-5-10(12)6-4-9/h3-8H,2H2,1H3. The molecule has 3 heteroatoms. The van der Waals surface area contributed by atoms with E-state index in [0.717, 1.165) is 22.8 Å². The fourth-order valence-corrected chi connectivity index (χ4v) is 1.44. The summed E-state index contributed by atoms with van der Waals surface area (Å²) in [6, 6.07) is 9.71. The van der Waals surface area contributed by atoms with Crippen LogP contribution in [0.3, 0.4) is 0 Å². The molecule has 0 N–H and O–H groups in total. The molecule has 1 heterocycles. The maximum atomic E-state index is 5.81. The van der Waals surface area contributed by atoms with Gasteiger partial charge in [-0.05, 0) is 25.1 Å². The molecule has 0 aliphatic heterocycles. The molecule has 72 valence electrons. The highest BCUT2D eigenvalue weighted by molar-refractivity contribution is 6.30. The minimum absolute atomic E-state index is 0.753. The van der Waals surface area contributed by atoms with Gasteiger partial charge in [0.05, 0.1) is 5.69 Å². The Bertz CT molecular complexity index is 417. The van der Waals surface area contributed by atoms with Crippen molar-refractivity contribution >= 4 is 11.6 Å². The van der Waals surface area contributed by atoms with E-state index in [1.807, 2.05) is 41.2 Å². The first kappa shape index (κ1) is 9.28. The lowest BCUT2D eigenvalue weighted by Crippen LogP contribution is -1.93. The second-order valence-corrected chi connectivity index (χ2v) is 3.50. The minimum atomic E-state index is 0.753. The van der Waals surface area contributed by atoms with Crippen LogP contribution in [-0.4, -0.2) is 9.78 Å². The maximum Gasteiger partial charge on any atom is 0.0923 e. The van der Waals surface area contributed by atoms with Gasteiger partial charge in [0, 0.05) is 23.3 Å². The van der Waals surface area contributed by atoms with Crippen LogP contribution in [0, 0.1) is 0 Å². The second-order valence-electron chi connectivity index (χ2n) is 3.06. The zero-order chi connectivity index (χ0) is 9.97. The number of hydrogen-bond donors (Lipinski definition) is 0. The molecule has 2 aromatic rings. The van der Waals surface area contributed by atoms with Gasteiger partial charge in [0.15, 0.2) is 0 Å². The van der Waals surface area contributed by atoms with E-state index in [1.165, 1.54) is 0 Å². The normalized spacial score (nSPS) is 10.4. The first-order valence-electron chi connectivity index (χ1n) is 4.59. The number of hydrogen-bond acceptors (Lipinski definition) is 1. The third-order valence-electron chi connectivity index (χ3n) is 2.10. The first-order valence-corrected chi connectivity index (χ1v) is 4.97. The molecule has 0 aliphatic rings. The summed E-state index contributed by atoms with van der Waals surface area (Å²) >= 11 is 5.81. The van der Waals surface area contributed by atoms with E-state index in [1.54, 1.807) is 0 Å². The SMILES string of the molecule is CCn1ccc(-c2ccc(Cl)cc2)n1. The summed E-state index contributed by atoms with van der Waals surface area (Å²) in [4.78, 5) is 0. The predicted octanol–water partition coefficient (Wildman–Crippen LogP) is 3.22. The Morgan fingerprint density at radius 3 is 2.50 bits per heavy atom. The molecule has 1 aromatic heterocycles. The van der Waals surface area contributed by atoms with Gasteiger partial charge in [-0.2, -0.15) is 5.10 Å². The van der Waals surface area contributed by atoms with Gasteiger partial charge in [-0.3, -0.25) is 4.68 Å². The molecule has 0 fully saturated rings. The number of nitrogens with zero attached hydrogens (tertiary/aromatic N) is 2. The molecule has 0 bridgehead atoms. The largest absolute Gasteiger partial charge is 0.272 e. The number of aryl methyl sites for hydroxylation is 1. The number of benzene rings is 1. The molecule has 2 rings (SSSR count). The maximum absolute atomic E-state index is 5.81. The van der Waals surface area contributed by atoms with Gasteiger partial charge in [-0.1, -0.05) is 23.7 Å². The molecule has 0 unspecified atom stereocenters. The highest BCUT2D eigenvalue weighted by Crippen LogP contribution is 2.19. The summed E-state index contributed by atoms with van der Waals surface area (Å²) < 4.78 is 1.91. The molecule has 0 atom stereocenters. The summed E-state index contributed by atoms with van der Waals surface area (Å²) in [5.74, 6) is 0. The van der Waals surface area contributed by atoms with Crippen LogP contribution in [0.4, 0.5) is 0 Å². The molecule has 0 saturated heterocycles. The lowest BCUT2D eigenvalue weighted by molar-refractivity contribution is 0.662. The molecule has 1 aromatic carbocycles. The van der Waals surface area contributed by atoms with Crippen molar-refractivity contribution in [3.8, 4) is 11.3 Å². The molecule has 0 radical (unpaired) electrons. The third-order valence-corrected chi connectivity index (χ3v) is 2.36. The lowest BCUT2D eigenvalue weighted by atomic mass is 10.2. The Hall–Kier alpha value is -1.28. The Morgan fingerprint density at radius 2 is 1.93 bits per heavy atom. The molecular weight excluding hydrogens is 196 g/mol. The van der Waals surface area contributed by atoms with Crippen molar-refractivity contribution in [1.82, 2.24) is 9.78 Å². The van der Waals surface area contributed by atoms with Crippen molar-refractivity contribution in [2.75, 3.05) is 0 Å². The molecule has 0 aliphatic carbocycles. The molecule has 0 saturated carbocycles. The van der Waals surface area contributed by atoms with Crippen molar-refractivity contribution in [3.63, 3.8) is 0 Å². The van der Waals surface area contributed by atoms with E-state index in [9.17, 15) is 0 Å². The van der Waals surface area contributed by atoms with Gasteiger partial charge in [0.2, 0.25) is 0 Å². The van der Waals surface area contributed by atoms with E-state index in [2.05, 4.69) is 12.0 Å². The van der Waals surface area contributed by atoms with Gasteiger partial charge < -0.3 is 0 Å². The minimum Gasteiger partial charge on any atom is -0.272 e. The average molecular weight is 207 g/mol. The first-order chi connectivity index (χ1) is 6.79. The number of aromatic nitrogens is 2. The fraction of sp³-hybridized carbons (Fsp3) is 0.182. The zero-order valence-corrected chi connectivity index (χ0v) is 8.70. The van der Waals surface area contributed by atoms with Crippen LogP contribution in [-0.2, 0) is 6.54 Å². The topological polar surface area (TPSA) is 17.8 Å². The van der Waals surface area contributed by atoms with Crippen molar-refractivity contribution < 1.29 is 0 Å². The van der Waals surface area contributed by atoms with E-state index >= 15 is 0 Å². The Kier molecular flexibility index (Phi) is 2.55. The van der Waals surface area contributed by atoms with Crippen LogP contribution in [0.2, 0.25) is 5.02 Å². The Morgan fingerprint density at radius 1 is 1.21 bits per heavy atom. The molecule has 0 amide bonds. The molecule has 2 nitrogen and oxygen atoms in total. The van der Waals surface area contributed by atoms with Gasteiger partial charge in [0.25, 0.3) is 0 Å². The van der Waals surface area contributed by atoms with E-state index in [-0.39, 0.29) is 0 Å². The van der Waals surface area contributed by atoms with E-state index < -0.39 is 0 Å². The highest BCUT2D eigenvalue weighted by Gasteiger charge is 2.00. The predicted molar refractivity (Wildman–Crippen MR) is 58.3 cm³/mol. The summed E-state index contributed by atoms with van der Waals surface area (Å²) in [7, 11) is 0. The zero-order valence-electron chi connectivity index (χ0n) is 7.94. The van der Waals surface area contributed by atoms with Crippen LogP contribution in [0.1, 0.15) is 6.92 Å². The van der Waals surface area contributed by atoms with Crippen LogP contribution >= 0.6 is 11.6 Å². The van der Waals surface area contributed by atoms with Gasteiger partial charge in [0.1, 0.15) is 0 Å². The second kappa shape index (κ2) is 3.84. The van der Waals surface area contributed by atoms with Crippen LogP contribution < -0.4 is 0 Å². The molecule has 14 heavy (non-hydrogen) atoms. The fourth-order valence-electron chi connectivity index (χ4n) is 1.31. The molecule has 0 spiro atoms. The Balaban J connectivity index is 2.34. The molecular formula is C11H11ClN2. The summed E-state index contributed by atoms with van der Waals surface area (Å²) in [6.45, 7) is 2.96. The lowest BCUT2D eigenvalue weighted by Gasteiger charge is -1.96. The van der Waals surface area contributed by atoms with Gasteiger partial charge in [-0.25, -0.2) is 0 Å². The van der Waals surface area contributed by atoms with Crippen LogP contribution in [0.25, 0.3) is 11.3 Å². The van der Waals surface area contributed by atoms with Crippen molar-refractivity contribution in [2.45, 2.75) is 13.5 Å². The van der Waals surface area contributed by atoms with Gasteiger partial charge in [-0.15, -0.1) is 0 Å². The number of halogens is 1. The summed E-state index contributed by atoms with van der Waals surface area (Å²) in [6.07, 6.45) is 1.98. The Labute approximate surface area is 88.1 Å². The van der Waals surface area contributed by atoms with E-state index in [4.69, 9.17) is 11.6 Å². The van der Waals surface area contributed by atoms with Crippen molar-refractivity contribution in [2.24, 2.45) is 0 Å². The quantitative estimate of drug-likeness (QED) is 0.738. The number of rotatable bonds is 2. The van der Waals surface area contributed by atoms with Crippen molar-refractivity contribution in [1.29, 1.82) is 0 Å². The third kappa shape index (κ3) is 1.80.